The fraction of sp³-hybridized carbons (Fsp3) is 0.750. The minimum atomic E-state index is 0.821. The Balaban J connectivity index is 2.08. The molecule has 4 heteroatoms. The molecule has 1 heterocycles. The summed E-state index contributed by atoms with van der Waals surface area (Å²) >= 11 is 0. The lowest BCUT2D eigenvalue weighted by Crippen LogP contribution is -2.16. The van der Waals surface area contributed by atoms with E-state index in [1.165, 1.54) is 25.7 Å². The van der Waals surface area contributed by atoms with Crippen LogP contribution in [0.3, 0.4) is 0 Å². The zero-order valence-corrected chi connectivity index (χ0v) is 13.1. The van der Waals surface area contributed by atoms with Crippen LogP contribution in [-0.4, -0.2) is 23.1 Å². The molecule has 0 amide bonds. The second-order valence-corrected chi connectivity index (χ2v) is 5.77. The third-order valence-electron chi connectivity index (χ3n) is 4.08. The molecule has 0 spiro atoms. The molecule has 1 aromatic heterocycles. The lowest BCUT2D eigenvalue weighted by Gasteiger charge is -2.16. The van der Waals surface area contributed by atoms with E-state index in [0.717, 1.165) is 54.9 Å². The van der Waals surface area contributed by atoms with E-state index in [1.54, 1.807) is 0 Å². The Morgan fingerprint density at radius 1 is 1.05 bits per heavy atom. The summed E-state index contributed by atoms with van der Waals surface area (Å²) in [6.45, 7) is 8.39. The highest BCUT2D eigenvalue weighted by Crippen LogP contribution is 2.26. The topological polar surface area (TPSA) is 49.8 Å². The molecule has 1 aromatic rings. The van der Waals surface area contributed by atoms with Gasteiger partial charge in [0, 0.05) is 25.1 Å². The van der Waals surface area contributed by atoms with Gasteiger partial charge in [0.15, 0.2) is 0 Å². The first kappa shape index (κ1) is 15.1. The van der Waals surface area contributed by atoms with Crippen LogP contribution >= 0.6 is 0 Å². The normalized spacial score (nSPS) is 15.6. The molecule has 0 radical (unpaired) electrons. The molecule has 1 aliphatic rings. The first-order valence-electron chi connectivity index (χ1n) is 8.09. The molecule has 1 saturated carbocycles. The predicted molar refractivity (Wildman–Crippen MR) is 85.4 cm³/mol. The molecular weight excluding hydrogens is 248 g/mol. The Labute approximate surface area is 122 Å². The van der Waals surface area contributed by atoms with E-state index in [2.05, 4.69) is 41.4 Å². The molecule has 112 valence electrons. The number of aromatic nitrogens is 2. The van der Waals surface area contributed by atoms with Gasteiger partial charge >= 0.3 is 0 Å². The van der Waals surface area contributed by atoms with Crippen LogP contribution in [0.2, 0.25) is 0 Å². The second kappa shape index (κ2) is 7.46. The van der Waals surface area contributed by atoms with E-state index in [-0.39, 0.29) is 0 Å². The van der Waals surface area contributed by atoms with E-state index in [1.807, 2.05) is 0 Å². The van der Waals surface area contributed by atoms with Crippen molar-refractivity contribution in [2.75, 3.05) is 23.7 Å². The summed E-state index contributed by atoms with van der Waals surface area (Å²) in [5.41, 5.74) is 1.15. The summed E-state index contributed by atoms with van der Waals surface area (Å²) < 4.78 is 0. The lowest BCUT2D eigenvalue weighted by atomic mass is 10.1. The summed E-state index contributed by atoms with van der Waals surface area (Å²) in [6, 6.07) is 0. The third-order valence-corrected chi connectivity index (χ3v) is 4.08. The average Bonchev–Trinajstić information content (AvgIpc) is 2.98. The molecule has 20 heavy (non-hydrogen) atoms. The number of hydrogen-bond donors (Lipinski definition) is 2. The van der Waals surface area contributed by atoms with Crippen molar-refractivity contribution in [3.05, 3.63) is 11.4 Å². The van der Waals surface area contributed by atoms with Crippen molar-refractivity contribution in [2.45, 2.75) is 59.3 Å². The van der Waals surface area contributed by atoms with Crippen LogP contribution in [0.1, 0.15) is 57.3 Å². The van der Waals surface area contributed by atoms with Crippen molar-refractivity contribution in [1.29, 1.82) is 0 Å². The molecule has 1 fully saturated rings. The van der Waals surface area contributed by atoms with Crippen LogP contribution in [0.5, 0.6) is 0 Å². The van der Waals surface area contributed by atoms with Crippen molar-refractivity contribution in [2.24, 2.45) is 5.92 Å². The Morgan fingerprint density at radius 2 is 1.70 bits per heavy atom. The molecule has 0 aliphatic heterocycles. The van der Waals surface area contributed by atoms with Crippen LogP contribution < -0.4 is 10.6 Å². The van der Waals surface area contributed by atoms with E-state index in [0.29, 0.717) is 0 Å². The fourth-order valence-electron chi connectivity index (χ4n) is 2.76. The van der Waals surface area contributed by atoms with Gasteiger partial charge in [-0.25, -0.2) is 9.97 Å². The Morgan fingerprint density at radius 3 is 2.30 bits per heavy atom. The van der Waals surface area contributed by atoms with Crippen LogP contribution in [0, 0.1) is 12.8 Å². The third kappa shape index (κ3) is 3.84. The Kier molecular flexibility index (Phi) is 5.62. The van der Waals surface area contributed by atoms with Crippen LogP contribution in [0.15, 0.2) is 0 Å². The Hall–Kier alpha value is -1.32. The quantitative estimate of drug-likeness (QED) is 0.796. The number of hydrogen-bond acceptors (Lipinski definition) is 4. The maximum atomic E-state index is 4.66. The first-order chi connectivity index (χ1) is 9.74. The smallest absolute Gasteiger partial charge is 0.134 e. The molecule has 2 N–H and O–H groups in total. The summed E-state index contributed by atoms with van der Waals surface area (Å²) in [6.07, 6.45) is 7.48. The van der Waals surface area contributed by atoms with Gasteiger partial charge < -0.3 is 10.6 Å². The molecule has 0 aromatic carbocycles. The van der Waals surface area contributed by atoms with Gasteiger partial charge in [-0.1, -0.05) is 26.7 Å². The zero-order valence-electron chi connectivity index (χ0n) is 13.1. The van der Waals surface area contributed by atoms with Crippen LogP contribution in [-0.2, 0) is 6.42 Å². The molecule has 0 atom stereocenters. The largest absolute Gasteiger partial charge is 0.370 e. The summed E-state index contributed by atoms with van der Waals surface area (Å²) in [5.74, 6) is 3.75. The number of nitrogens with zero attached hydrogens (tertiary/aromatic N) is 2. The van der Waals surface area contributed by atoms with Crippen molar-refractivity contribution in [3.63, 3.8) is 0 Å². The number of aryl methyl sites for hydroxylation is 1. The highest BCUT2D eigenvalue weighted by Gasteiger charge is 2.16. The number of anilines is 2. The molecule has 4 nitrogen and oxygen atoms in total. The maximum Gasteiger partial charge on any atom is 0.134 e. The standard InChI is InChI=1S/C16H28N4/c1-4-10-17-15-12(3)16(20-14(5-2)19-15)18-11-13-8-6-7-9-13/h13H,4-11H2,1-3H3,(H2,17,18,19,20). The minimum absolute atomic E-state index is 0.821. The second-order valence-electron chi connectivity index (χ2n) is 5.77. The van der Waals surface area contributed by atoms with Gasteiger partial charge in [0.1, 0.15) is 17.5 Å². The zero-order chi connectivity index (χ0) is 14.4. The van der Waals surface area contributed by atoms with Gasteiger partial charge in [0.25, 0.3) is 0 Å². The van der Waals surface area contributed by atoms with E-state index in [9.17, 15) is 0 Å². The monoisotopic (exact) mass is 276 g/mol. The predicted octanol–water partition coefficient (Wildman–Crippen LogP) is 3.77. The molecule has 1 aliphatic carbocycles. The molecule has 0 saturated heterocycles. The van der Waals surface area contributed by atoms with Crippen LogP contribution in [0.25, 0.3) is 0 Å². The average molecular weight is 276 g/mol. The number of rotatable bonds is 7. The van der Waals surface area contributed by atoms with Crippen molar-refractivity contribution in [1.82, 2.24) is 9.97 Å². The first-order valence-corrected chi connectivity index (χ1v) is 8.09. The highest BCUT2D eigenvalue weighted by atomic mass is 15.1. The maximum absolute atomic E-state index is 4.66. The van der Waals surface area contributed by atoms with Crippen molar-refractivity contribution in [3.8, 4) is 0 Å². The number of nitrogens with one attached hydrogen (secondary N) is 2. The van der Waals surface area contributed by atoms with Gasteiger partial charge in [-0.2, -0.15) is 0 Å². The Bertz CT molecular complexity index is 425. The van der Waals surface area contributed by atoms with Gasteiger partial charge in [-0.3, -0.25) is 0 Å². The summed E-state index contributed by atoms with van der Waals surface area (Å²) in [7, 11) is 0. The lowest BCUT2D eigenvalue weighted by molar-refractivity contribution is 0.578. The van der Waals surface area contributed by atoms with Gasteiger partial charge in [-0.05, 0) is 32.1 Å². The van der Waals surface area contributed by atoms with E-state index in [4.69, 9.17) is 0 Å². The van der Waals surface area contributed by atoms with Gasteiger partial charge in [0.05, 0.1) is 0 Å². The van der Waals surface area contributed by atoms with Crippen LogP contribution in [0.4, 0.5) is 11.6 Å². The van der Waals surface area contributed by atoms with Gasteiger partial charge in [-0.15, -0.1) is 0 Å². The molecule has 0 unspecified atom stereocenters. The molecule has 0 bridgehead atoms. The summed E-state index contributed by atoms with van der Waals surface area (Å²) in [4.78, 5) is 9.26. The van der Waals surface area contributed by atoms with Crippen molar-refractivity contribution < 1.29 is 0 Å². The molecular formula is C16H28N4. The van der Waals surface area contributed by atoms with Crippen molar-refractivity contribution >= 4 is 11.6 Å². The summed E-state index contributed by atoms with van der Waals surface area (Å²) in [5, 5.41) is 6.97. The van der Waals surface area contributed by atoms with E-state index >= 15 is 0 Å². The fourth-order valence-corrected chi connectivity index (χ4v) is 2.76. The minimum Gasteiger partial charge on any atom is -0.370 e. The highest BCUT2D eigenvalue weighted by molar-refractivity contribution is 5.57. The van der Waals surface area contributed by atoms with Gasteiger partial charge in [0.2, 0.25) is 0 Å². The SMILES string of the molecule is CCCNc1nc(CC)nc(NCC2CCCC2)c1C. The molecule has 2 rings (SSSR count). The van der Waals surface area contributed by atoms with E-state index < -0.39 is 0 Å².